The molecule has 2 aromatic rings. The van der Waals surface area contributed by atoms with E-state index in [1.54, 1.807) is 19.4 Å². The van der Waals surface area contributed by atoms with Gasteiger partial charge in [0.1, 0.15) is 11.6 Å². The number of nitrogens with one attached hydrogen (secondary N) is 1. The SMILES string of the molecule is COc1ccc(C2CCCCCN2C(=O)Nc2ccccn2)cc1. The van der Waals surface area contributed by atoms with Gasteiger partial charge in [-0.15, -0.1) is 0 Å². The lowest BCUT2D eigenvalue weighted by Crippen LogP contribution is -2.38. The van der Waals surface area contributed by atoms with Crippen molar-refractivity contribution in [2.45, 2.75) is 31.7 Å². The number of carbonyl (C=O) groups is 1. The van der Waals surface area contributed by atoms with Gasteiger partial charge in [0.2, 0.25) is 0 Å². The third-order valence-corrected chi connectivity index (χ3v) is 4.41. The van der Waals surface area contributed by atoms with Crippen LogP contribution in [0.3, 0.4) is 0 Å². The number of amides is 2. The Morgan fingerprint density at radius 3 is 2.71 bits per heavy atom. The van der Waals surface area contributed by atoms with Crippen molar-refractivity contribution in [2.24, 2.45) is 0 Å². The highest BCUT2D eigenvalue weighted by Crippen LogP contribution is 2.31. The molecule has 1 aliphatic rings. The summed E-state index contributed by atoms with van der Waals surface area (Å²) < 4.78 is 5.23. The largest absolute Gasteiger partial charge is 0.497 e. The minimum Gasteiger partial charge on any atom is -0.497 e. The van der Waals surface area contributed by atoms with Crippen molar-refractivity contribution in [3.05, 3.63) is 54.2 Å². The molecule has 1 unspecified atom stereocenters. The quantitative estimate of drug-likeness (QED) is 0.918. The van der Waals surface area contributed by atoms with Crippen LogP contribution in [-0.2, 0) is 0 Å². The van der Waals surface area contributed by atoms with Crippen LogP contribution in [0.5, 0.6) is 5.75 Å². The molecule has 1 aromatic carbocycles. The van der Waals surface area contributed by atoms with E-state index in [0.717, 1.165) is 43.5 Å². The van der Waals surface area contributed by atoms with E-state index in [1.165, 1.54) is 0 Å². The van der Waals surface area contributed by atoms with Crippen LogP contribution in [0, 0.1) is 0 Å². The van der Waals surface area contributed by atoms with Gasteiger partial charge >= 0.3 is 6.03 Å². The number of pyridine rings is 1. The molecule has 0 spiro atoms. The second-order valence-electron chi connectivity index (χ2n) is 5.98. The van der Waals surface area contributed by atoms with E-state index >= 15 is 0 Å². The Balaban J connectivity index is 1.80. The molecule has 0 aliphatic carbocycles. The van der Waals surface area contributed by atoms with Crippen molar-refractivity contribution >= 4 is 11.8 Å². The van der Waals surface area contributed by atoms with Gasteiger partial charge in [0.25, 0.3) is 0 Å². The van der Waals surface area contributed by atoms with E-state index in [1.807, 2.05) is 29.2 Å². The number of anilines is 1. The molecule has 2 heterocycles. The van der Waals surface area contributed by atoms with E-state index in [2.05, 4.69) is 22.4 Å². The molecular weight excluding hydrogens is 302 g/mol. The number of hydrogen-bond donors (Lipinski definition) is 1. The Kier molecular flexibility index (Phi) is 5.31. The van der Waals surface area contributed by atoms with Crippen LogP contribution in [0.2, 0.25) is 0 Å². The van der Waals surface area contributed by atoms with Crippen molar-refractivity contribution < 1.29 is 9.53 Å². The maximum absolute atomic E-state index is 12.8. The molecule has 3 rings (SSSR count). The minimum absolute atomic E-state index is 0.0853. The predicted octanol–water partition coefficient (Wildman–Crippen LogP) is 4.24. The summed E-state index contributed by atoms with van der Waals surface area (Å²) in [5.41, 5.74) is 1.15. The van der Waals surface area contributed by atoms with Crippen LogP contribution in [-0.4, -0.2) is 29.6 Å². The zero-order chi connectivity index (χ0) is 16.8. The lowest BCUT2D eigenvalue weighted by Gasteiger charge is -2.30. The Labute approximate surface area is 142 Å². The molecule has 0 radical (unpaired) electrons. The van der Waals surface area contributed by atoms with E-state index in [0.29, 0.717) is 5.82 Å². The molecule has 1 saturated heterocycles. The number of carbonyl (C=O) groups excluding carboxylic acids is 1. The van der Waals surface area contributed by atoms with Gasteiger partial charge in [-0.05, 0) is 42.7 Å². The van der Waals surface area contributed by atoms with Gasteiger partial charge in [-0.2, -0.15) is 0 Å². The summed E-state index contributed by atoms with van der Waals surface area (Å²) >= 11 is 0. The van der Waals surface area contributed by atoms with Gasteiger partial charge in [-0.1, -0.05) is 31.0 Å². The second-order valence-corrected chi connectivity index (χ2v) is 5.98. The lowest BCUT2D eigenvalue weighted by atomic mass is 10.0. The Hall–Kier alpha value is -2.56. The number of ether oxygens (including phenoxy) is 1. The molecule has 1 fully saturated rings. The zero-order valence-corrected chi connectivity index (χ0v) is 13.9. The summed E-state index contributed by atoms with van der Waals surface area (Å²) in [6.45, 7) is 0.759. The normalized spacial score (nSPS) is 17.9. The first-order valence-corrected chi connectivity index (χ1v) is 8.40. The molecule has 5 heteroatoms. The van der Waals surface area contributed by atoms with Crippen LogP contribution >= 0.6 is 0 Å². The molecule has 5 nitrogen and oxygen atoms in total. The average Bonchev–Trinajstić information content (AvgIpc) is 2.89. The number of benzene rings is 1. The minimum atomic E-state index is -0.0866. The third-order valence-electron chi connectivity index (χ3n) is 4.41. The summed E-state index contributed by atoms with van der Waals surface area (Å²) in [6, 6.07) is 13.5. The van der Waals surface area contributed by atoms with Crippen molar-refractivity contribution in [3.8, 4) is 5.75 Å². The average molecular weight is 325 g/mol. The van der Waals surface area contributed by atoms with E-state index in [4.69, 9.17) is 4.74 Å². The van der Waals surface area contributed by atoms with Crippen LogP contribution < -0.4 is 10.1 Å². The van der Waals surface area contributed by atoms with Crippen LogP contribution in [0.15, 0.2) is 48.7 Å². The monoisotopic (exact) mass is 325 g/mol. The number of aromatic nitrogens is 1. The molecule has 24 heavy (non-hydrogen) atoms. The Bertz CT molecular complexity index is 658. The maximum Gasteiger partial charge on any atom is 0.323 e. The predicted molar refractivity (Wildman–Crippen MR) is 94.2 cm³/mol. The smallest absolute Gasteiger partial charge is 0.323 e. The summed E-state index contributed by atoms with van der Waals surface area (Å²) in [6.07, 6.45) is 5.97. The number of methoxy groups -OCH3 is 1. The molecule has 126 valence electrons. The molecule has 1 N–H and O–H groups in total. The summed E-state index contributed by atoms with van der Waals surface area (Å²) in [5, 5.41) is 2.91. The number of likely N-dealkylation sites (tertiary alicyclic amines) is 1. The highest BCUT2D eigenvalue weighted by Gasteiger charge is 2.27. The van der Waals surface area contributed by atoms with Crippen molar-refractivity contribution in [1.82, 2.24) is 9.88 Å². The number of rotatable bonds is 3. The molecule has 1 aromatic heterocycles. The fourth-order valence-electron chi connectivity index (χ4n) is 3.14. The van der Waals surface area contributed by atoms with Crippen molar-refractivity contribution in [3.63, 3.8) is 0 Å². The van der Waals surface area contributed by atoms with Gasteiger partial charge in [0.05, 0.1) is 13.2 Å². The summed E-state index contributed by atoms with van der Waals surface area (Å²) in [5.74, 6) is 1.41. The first kappa shape index (κ1) is 16.3. The summed E-state index contributed by atoms with van der Waals surface area (Å²) in [4.78, 5) is 18.9. The van der Waals surface area contributed by atoms with Crippen LogP contribution in [0.1, 0.15) is 37.3 Å². The Morgan fingerprint density at radius 2 is 2.00 bits per heavy atom. The van der Waals surface area contributed by atoms with Crippen molar-refractivity contribution in [1.29, 1.82) is 0 Å². The molecular formula is C19H23N3O2. The van der Waals surface area contributed by atoms with E-state index in [9.17, 15) is 4.79 Å². The lowest BCUT2D eigenvalue weighted by molar-refractivity contribution is 0.189. The molecule has 0 saturated carbocycles. The number of urea groups is 1. The third kappa shape index (κ3) is 3.85. The highest BCUT2D eigenvalue weighted by atomic mass is 16.5. The van der Waals surface area contributed by atoms with Crippen LogP contribution in [0.25, 0.3) is 0 Å². The molecule has 2 amide bonds. The topological polar surface area (TPSA) is 54.5 Å². The van der Waals surface area contributed by atoms with Gasteiger partial charge < -0.3 is 9.64 Å². The van der Waals surface area contributed by atoms with Crippen LogP contribution in [0.4, 0.5) is 10.6 Å². The molecule has 0 bridgehead atoms. The zero-order valence-electron chi connectivity index (χ0n) is 13.9. The van der Waals surface area contributed by atoms with Gasteiger partial charge in [0, 0.05) is 12.7 Å². The van der Waals surface area contributed by atoms with Crippen molar-refractivity contribution in [2.75, 3.05) is 19.0 Å². The number of hydrogen-bond acceptors (Lipinski definition) is 3. The maximum atomic E-state index is 12.8. The van der Waals surface area contributed by atoms with Gasteiger partial charge in [-0.25, -0.2) is 9.78 Å². The molecule has 1 aliphatic heterocycles. The van der Waals surface area contributed by atoms with Gasteiger partial charge in [-0.3, -0.25) is 5.32 Å². The summed E-state index contributed by atoms with van der Waals surface area (Å²) in [7, 11) is 1.66. The fraction of sp³-hybridized carbons (Fsp3) is 0.368. The standard InChI is InChI=1S/C19H23N3O2/c1-24-16-11-9-15(10-12-16)17-7-3-2-6-14-22(17)19(23)21-18-8-4-5-13-20-18/h4-5,8-13,17H,2-3,6-7,14H2,1H3,(H,20,21,23). The van der Waals surface area contributed by atoms with E-state index < -0.39 is 0 Å². The second kappa shape index (κ2) is 7.81. The number of nitrogens with zero attached hydrogens (tertiary/aromatic N) is 2. The Morgan fingerprint density at radius 1 is 1.17 bits per heavy atom. The highest BCUT2D eigenvalue weighted by molar-refractivity contribution is 5.88. The molecule has 1 atom stereocenters. The fourth-order valence-corrected chi connectivity index (χ4v) is 3.14. The first-order valence-electron chi connectivity index (χ1n) is 8.40. The van der Waals surface area contributed by atoms with Gasteiger partial charge in [0.15, 0.2) is 0 Å². The first-order chi connectivity index (χ1) is 11.8. The van der Waals surface area contributed by atoms with E-state index in [-0.39, 0.29) is 12.1 Å².